The van der Waals surface area contributed by atoms with Crippen LogP contribution in [0.4, 0.5) is 0 Å². The Labute approximate surface area is 123 Å². The van der Waals surface area contributed by atoms with E-state index >= 15 is 0 Å². The molecule has 0 aliphatic carbocycles. The maximum absolute atomic E-state index is 4.63. The molecule has 0 unspecified atom stereocenters. The molecule has 0 bridgehead atoms. The summed E-state index contributed by atoms with van der Waals surface area (Å²) >= 11 is 3.51. The van der Waals surface area contributed by atoms with Crippen LogP contribution in [0.3, 0.4) is 0 Å². The summed E-state index contributed by atoms with van der Waals surface area (Å²) in [5, 5.41) is 0. The van der Waals surface area contributed by atoms with Gasteiger partial charge in [-0.2, -0.15) is 0 Å². The van der Waals surface area contributed by atoms with Crippen LogP contribution in [0, 0.1) is 0 Å². The van der Waals surface area contributed by atoms with Crippen LogP contribution in [0.2, 0.25) is 0 Å². The number of imidazole rings is 1. The maximum atomic E-state index is 4.63. The Bertz CT molecular complexity index is 896. The van der Waals surface area contributed by atoms with Crippen LogP contribution in [0.15, 0.2) is 53.3 Å². The molecule has 5 heteroatoms. The number of aromatic amines is 1. The molecular weight excluding hydrogens is 316 g/mol. The van der Waals surface area contributed by atoms with Gasteiger partial charge in [0.25, 0.3) is 0 Å². The Kier molecular flexibility index (Phi) is 2.53. The molecule has 96 valence electrons. The van der Waals surface area contributed by atoms with Crippen LogP contribution in [0.25, 0.3) is 33.5 Å². The number of para-hydroxylation sites is 2. The highest BCUT2D eigenvalue weighted by atomic mass is 79.9. The van der Waals surface area contributed by atoms with E-state index < -0.39 is 0 Å². The molecule has 4 rings (SSSR count). The number of hydrogen-bond donors (Lipinski definition) is 1. The Balaban J connectivity index is 2.06. The van der Waals surface area contributed by atoms with Gasteiger partial charge in [-0.1, -0.05) is 28.1 Å². The van der Waals surface area contributed by atoms with Crippen LogP contribution >= 0.6 is 15.9 Å². The quantitative estimate of drug-likeness (QED) is 0.577. The minimum Gasteiger partial charge on any atom is -0.338 e. The van der Waals surface area contributed by atoms with Crippen molar-refractivity contribution in [2.45, 2.75) is 0 Å². The van der Waals surface area contributed by atoms with Crippen LogP contribution in [-0.2, 0) is 0 Å². The predicted octanol–water partition coefficient (Wildman–Crippen LogP) is 3.94. The van der Waals surface area contributed by atoms with Crippen LogP contribution in [-0.4, -0.2) is 19.9 Å². The number of hydrogen-bond acceptors (Lipinski definition) is 3. The third kappa shape index (κ3) is 1.78. The van der Waals surface area contributed by atoms with Crippen molar-refractivity contribution in [1.82, 2.24) is 19.9 Å². The molecule has 0 saturated heterocycles. The van der Waals surface area contributed by atoms with Crippen molar-refractivity contribution in [3.05, 3.63) is 53.3 Å². The van der Waals surface area contributed by atoms with Gasteiger partial charge in [0.05, 0.1) is 22.1 Å². The van der Waals surface area contributed by atoms with Gasteiger partial charge < -0.3 is 4.98 Å². The van der Waals surface area contributed by atoms with E-state index in [0.29, 0.717) is 0 Å². The molecule has 0 spiro atoms. The summed E-state index contributed by atoms with van der Waals surface area (Å²) in [5.41, 5.74) is 4.59. The minimum absolute atomic E-state index is 0.804. The molecule has 2 heterocycles. The summed E-state index contributed by atoms with van der Waals surface area (Å²) < 4.78 is 0.959. The third-order valence-electron chi connectivity index (χ3n) is 3.18. The van der Waals surface area contributed by atoms with Gasteiger partial charge in [0, 0.05) is 22.4 Å². The monoisotopic (exact) mass is 324 g/mol. The molecule has 0 atom stereocenters. The van der Waals surface area contributed by atoms with Gasteiger partial charge in [0.1, 0.15) is 5.82 Å². The highest BCUT2D eigenvalue weighted by Crippen LogP contribution is 2.29. The van der Waals surface area contributed by atoms with Gasteiger partial charge in [-0.25, -0.2) is 4.98 Å². The van der Waals surface area contributed by atoms with Gasteiger partial charge in [0.15, 0.2) is 0 Å². The van der Waals surface area contributed by atoms with E-state index in [2.05, 4.69) is 35.9 Å². The molecule has 4 nitrogen and oxygen atoms in total. The lowest BCUT2D eigenvalue weighted by Crippen LogP contribution is -1.89. The Morgan fingerprint density at radius 1 is 0.950 bits per heavy atom. The summed E-state index contributed by atoms with van der Waals surface area (Å²) in [5.74, 6) is 0.804. The summed E-state index contributed by atoms with van der Waals surface area (Å²) in [6.07, 6.45) is 3.39. The average molecular weight is 325 g/mol. The highest BCUT2D eigenvalue weighted by Gasteiger charge is 2.11. The molecule has 20 heavy (non-hydrogen) atoms. The molecule has 2 aromatic carbocycles. The van der Waals surface area contributed by atoms with Gasteiger partial charge in [-0.3, -0.25) is 9.97 Å². The Morgan fingerprint density at radius 2 is 1.80 bits per heavy atom. The van der Waals surface area contributed by atoms with Gasteiger partial charge in [0.2, 0.25) is 0 Å². The topological polar surface area (TPSA) is 54.5 Å². The van der Waals surface area contributed by atoms with Crippen molar-refractivity contribution in [1.29, 1.82) is 0 Å². The van der Waals surface area contributed by atoms with E-state index in [-0.39, 0.29) is 0 Å². The molecule has 1 N–H and O–H groups in total. The summed E-state index contributed by atoms with van der Waals surface area (Å²) in [6.45, 7) is 0. The number of benzene rings is 2. The first-order valence-corrected chi connectivity index (χ1v) is 6.96. The molecule has 0 saturated carbocycles. The largest absolute Gasteiger partial charge is 0.338 e. The minimum atomic E-state index is 0.804. The molecule has 0 aliphatic heterocycles. The molecule has 0 amide bonds. The van der Waals surface area contributed by atoms with Crippen molar-refractivity contribution >= 4 is 38.0 Å². The van der Waals surface area contributed by atoms with Crippen molar-refractivity contribution in [2.24, 2.45) is 0 Å². The second-order valence-electron chi connectivity index (χ2n) is 4.48. The number of aromatic nitrogens is 4. The molecular formula is C15H9BrN4. The van der Waals surface area contributed by atoms with Gasteiger partial charge in [-0.05, 0) is 24.3 Å². The molecule has 0 radical (unpaired) electrons. The van der Waals surface area contributed by atoms with Gasteiger partial charge in [-0.15, -0.1) is 0 Å². The lowest BCUT2D eigenvalue weighted by atomic mass is 10.1. The molecule has 4 aromatic rings. The lowest BCUT2D eigenvalue weighted by Gasteiger charge is -2.03. The number of nitrogens with zero attached hydrogens (tertiary/aromatic N) is 3. The second-order valence-corrected chi connectivity index (χ2v) is 5.40. The fraction of sp³-hybridized carbons (Fsp3) is 0. The zero-order chi connectivity index (χ0) is 13.5. The van der Waals surface area contributed by atoms with Crippen molar-refractivity contribution in [2.75, 3.05) is 0 Å². The van der Waals surface area contributed by atoms with E-state index in [9.17, 15) is 0 Å². The number of nitrogens with one attached hydrogen (secondary N) is 1. The number of fused-ring (bicyclic) bond motifs is 2. The van der Waals surface area contributed by atoms with Crippen LogP contribution in [0.1, 0.15) is 0 Å². The average Bonchev–Trinajstić information content (AvgIpc) is 2.90. The normalized spacial score (nSPS) is 11.2. The van der Waals surface area contributed by atoms with E-state index in [0.717, 1.165) is 37.9 Å². The lowest BCUT2D eigenvalue weighted by molar-refractivity contribution is 1.27. The van der Waals surface area contributed by atoms with E-state index in [1.165, 1.54) is 0 Å². The van der Waals surface area contributed by atoms with Crippen LogP contribution in [0.5, 0.6) is 0 Å². The first-order valence-electron chi connectivity index (χ1n) is 6.17. The standard InChI is InChI=1S/C15H9BrN4/c16-9-7-10(14-13(8-9)17-5-6-18-14)15-19-11-3-1-2-4-12(11)20-15/h1-8H,(H,19,20). The Morgan fingerprint density at radius 3 is 2.70 bits per heavy atom. The van der Waals surface area contributed by atoms with Crippen molar-refractivity contribution in [3.63, 3.8) is 0 Å². The summed E-state index contributed by atoms with van der Waals surface area (Å²) in [7, 11) is 0. The smallest absolute Gasteiger partial charge is 0.140 e. The zero-order valence-corrected chi connectivity index (χ0v) is 11.9. The van der Waals surface area contributed by atoms with Crippen molar-refractivity contribution < 1.29 is 0 Å². The van der Waals surface area contributed by atoms with E-state index in [4.69, 9.17) is 0 Å². The SMILES string of the molecule is Brc1cc(-c2nc3ccccc3[nH]2)c2nccnc2c1. The van der Waals surface area contributed by atoms with E-state index in [1.54, 1.807) is 12.4 Å². The van der Waals surface area contributed by atoms with Crippen LogP contribution < -0.4 is 0 Å². The zero-order valence-electron chi connectivity index (χ0n) is 10.3. The summed E-state index contributed by atoms with van der Waals surface area (Å²) in [4.78, 5) is 16.7. The van der Waals surface area contributed by atoms with E-state index in [1.807, 2.05) is 36.4 Å². The predicted molar refractivity (Wildman–Crippen MR) is 82.3 cm³/mol. The number of rotatable bonds is 1. The first kappa shape index (κ1) is 11.5. The fourth-order valence-electron chi connectivity index (χ4n) is 2.30. The highest BCUT2D eigenvalue weighted by molar-refractivity contribution is 9.10. The van der Waals surface area contributed by atoms with Crippen molar-refractivity contribution in [3.8, 4) is 11.4 Å². The molecule has 0 aliphatic rings. The Hall–Kier alpha value is -2.27. The number of halogens is 1. The third-order valence-corrected chi connectivity index (χ3v) is 3.64. The molecule has 2 aromatic heterocycles. The summed E-state index contributed by atoms with van der Waals surface area (Å²) in [6, 6.07) is 11.9. The second kappa shape index (κ2) is 4.38. The fourth-order valence-corrected chi connectivity index (χ4v) is 2.75. The van der Waals surface area contributed by atoms with Gasteiger partial charge >= 0.3 is 0 Å². The maximum Gasteiger partial charge on any atom is 0.140 e. The number of H-pyrrole nitrogens is 1. The molecule has 0 fully saturated rings. The first-order chi connectivity index (χ1) is 9.81.